The molecule has 0 aliphatic carbocycles. The second-order valence-electron chi connectivity index (χ2n) is 6.52. The first-order chi connectivity index (χ1) is 11.5. The predicted octanol–water partition coefficient (Wildman–Crippen LogP) is 2.45. The predicted molar refractivity (Wildman–Crippen MR) is 87.4 cm³/mol. The maximum absolute atomic E-state index is 13.6. The number of halogens is 1. The summed E-state index contributed by atoms with van der Waals surface area (Å²) >= 11 is 0. The van der Waals surface area contributed by atoms with Crippen LogP contribution in [-0.2, 0) is 4.79 Å². The Labute approximate surface area is 141 Å². The van der Waals surface area contributed by atoms with E-state index in [-0.39, 0.29) is 29.5 Å². The van der Waals surface area contributed by atoms with Crippen LogP contribution in [0.1, 0.15) is 42.5 Å². The smallest absolute Gasteiger partial charge is 0.258 e. The van der Waals surface area contributed by atoms with E-state index in [1.807, 2.05) is 7.05 Å². The molecule has 24 heavy (non-hydrogen) atoms. The van der Waals surface area contributed by atoms with Gasteiger partial charge in [-0.05, 0) is 43.9 Å². The molecule has 2 heterocycles. The molecule has 1 aromatic carbocycles. The number of hydrogen-bond acceptors (Lipinski definition) is 3. The molecule has 0 spiro atoms. The summed E-state index contributed by atoms with van der Waals surface area (Å²) in [6, 6.07) is 4.02. The molecule has 2 aliphatic heterocycles. The lowest BCUT2D eigenvalue weighted by atomic mass is 9.92. The van der Waals surface area contributed by atoms with Crippen molar-refractivity contribution < 1.29 is 18.7 Å². The second kappa shape index (κ2) is 6.79. The third-order valence-corrected chi connectivity index (χ3v) is 5.18. The Hall–Kier alpha value is -2.11. The third-order valence-electron chi connectivity index (χ3n) is 5.18. The van der Waals surface area contributed by atoms with Crippen molar-refractivity contribution in [2.75, 3.05) is 20.7 Å². The number of methoxy groups -OCH3 is 1. The molecule has 5 nitrogen and oxygen atoms in total. The quantitative estimate of drug-likeness (QED) is 0.835. The molecular formula is C18H23FN2O3. The molecule has 1 aromatic rings. The van der Waals surface area contributed by atoms with E-state index >= 15 is 0 Å². The number of piperidine rings is 1. The molecule has 0 radical (unpaired) electrons. The molecule has 0 aromatic heterocycles. The van der Waals surface area contributed by atoms with Crippen molar-refractivity contribution in [3.8, 4) is 5.75 Å². The number of carbonyl (C=O) groups is 2. The SMILES string of the molecule is COc1ccc(F)cc1C(=O)N1CCC[C@@H]2[C@H]1CCCC(=O)N2C. The lowest BCUT2D eigenvalue weighted by Gasteiger charge is -2.43. The Morgan fingerprint density at radius 3 is 2.75 bits per heavy atom. The van der Waals surface area contributed by atoms with Crippen LogP contribution in [0.4, 0.5) is 4.39 Å². The minimum Gasteiger partial charge on any atom is -0.496 e. The maximum atomic E-state index is 13.6. The van der Waals surface area contributed by atoms with Gasteiger partial charge in [-0.25, -0.2) is 4.39 Å². The summed E-state index contributed by atoms with van der Waals surface area (Å²) in [4.78, 5) is 28.8. The summed E-state index contributed by atoms with van der Waals surface area (Å²) in [6.07, 6.45) is 3.83. The van der Waals surface area contributed by atoms with Crippen molar-refractivity contribution in [3.05, 3.63) is 29.6 Å². The van der Waals surface area contributed by atoms with Crippen molar-refractivity contribution in [2.45, 2.75) is 44.2 Å². The highest BCUT2D eigenvalue weighted by atomic mass is 19.1. The standard InChI is InChI=1S/C18H23FN2O3/c1-20-14-6-4-10-21(15(14)5-3-7-17(20)22)18(23)13-11-12(19)8-9-16(13)24-2/h8-9,11,14-15H,3-7,10H2,1-2H3/t14-,15-/m1/s1. The molecule has 2 saturated heterocycles. The van der Waals surface area contributed by atoms with Crippen LogP contribution < -0.4 is 4.74 Å². The summed E-state index contributed by atoms with van der Waals surface area (Å²) in [5, 5.41) is 0. The first kappa shape index (κ1) is 16.7. The number of carbonyl (C=O) groups excluding carboxylic acids is 2. The Balaban J connectivity index is 1.92. The van der Waals surface area contributed by atoms with Gasteiger partial charge in [-0.1, -0.05) is 0 Å². The number of likely N-dealkylation sites (N-methyl/N-ethyl adjacent to an activating group) is 1. The topological polar surface area (TPSA) is 49.9 Å². The first-order valence-electron chi connectivity index (χ1n) is 8.43. The number of ether oxygens (including phenoxy) is 1. The summed E-state index contributed by atoms with van der Waals surface area (Å²) < 4.78 is 18.9. The highest BCUT2D eigenvalue weighted by Crippen LogP contribution is 2.31. The fraction of sp³-hybridized carbons (Fsp3) is 0.556. The summed E-state index contributed by atoms with van der Waals surface area (Å²) in [5.41, 5.74) is 0.247. The van der Waals surface area contributed by atoms with Crippen LogP contribution in [-0.4, -0.2) is 54.4 Å². The lowest BCUT2D eigenvalue weighted by molar-refractivity contribution is -0.132. The Morgan fingerprint density at radius 2 is 2.00 bits per heavy atom. The van der Waals surface area contributed by atoms with Crippen LogP contribution in [0.25, 0.3) is 0 Å². The average molecular weight is 334 g/mol. The van der Waals surface area contributed by atoms with Gasteiger partial charge in [0.15, 0.2) is 0 Å². The zero-order valence-electron chi connectivity index (χ0n) is 14.1. The van der Waals surface area contributed by atoms with Crippen LogP contribution in [0, 0.1) is 5.82 Å². The molecule has 0 saturated carbocycles. The second-order valence-corrected chi connectivity index (χ2v) is 6.52. The molecule has 0 unspecified atom stereocenters. The minimum atomic E-state index is -0.458. The van der Waals surface area contributed by atoms with Crippen molar-refractivity contribution in [1.82, 2.24) is 9.80 Å². The number of hydrogen-bond donors (Lipinski definition) is 0. The average Bonchev–Trinajstić information content (AvgIpc) is 2.73. The molecule has 0 N–H and O–H groups in total. The number of nitrogens with zero attached hydrogens (tertiary/aromatic N) is 2. The monoisotopic (exact) mass is 334 g/mol. The van der Waals surface area contributed by atoms with Crippen LogP contribution in [0.2, 0.25) is 0 Å². The lowest BCUT2D eigenvalue weighted by Crippen LogP contribution is -2.56. The van der Waals surface area contributed by atoms with Crippen molar-refractivity contribution in [3.63, 3.8) is 0 Å². The van der Waals surface area contributed by atoms with Gasteiger partial charge in [-0.2, -0.15) is 0 Å². The zero-order chi connectivity index (χ0) is 17.3. The molecule has 6 heteroatoms. The van der Waals surface area contributed by atoms with Crippen LogP contribution in [0.15, 0.2) is 18.2 Å². The van der Waals surface area contributed by atoms with Crippen LogP contribution in [0.3, 0.4) is 0 Å². The van der Waals surface area contributed by atoms with E-state index in [0.717, 1.165) is 25.7 Å². The third kappa shape index (κ3) is 2.97. The number of likely N-dealkylation sites (tertiary alicyclic amines) is 2. The van der Waals surface area contributed by atoms with Crippen molar-refractivity contribution >= 4 is 11.8 Å². The zero-order valence-corrected chi connectivity index (χ0v) is 14.1. The molecule has 2 fully saturated rings. The molecule has 3 rings (SSSR count). The van der Waals surface area contributed by atoms with Gasteiger partial charge in [0.1, 0.15) is 11.6 Å². The molecule has 130 valence electrons. The fourth-order valence-corrected chi connectivity index (χ4v) is 3.91. The van der Waals surface area contributed by atoms with Gasteiger partial charge in [0, 0.05) is 20.0 Å². The number of rotatable bonds is 2. The van der Waals surface area contributed by atoms with E-state index in [0.29, 0.717) is 18.7 Å². The number of amides is 2. The molecule has 2 amide bonds. The normalized spacial score (nSPS) is 24.4. The highest BCUT2D eigenvalue weighted by Gasteiger charge is 2.40. The fourth-order valence-electron chi connectivity index (χ4n) is 3.91. The molecular weight excluding hydrogens is 311 g/mol. The van der Waals surface area contributed by atoms with Crippen LogP contribution in [0.5, 0.6) is 5.75 Å². The van der Waals surface area contributed by atoms with Crippen molar-refractivity contribution in [2.24, 2.45) is 0 Å². The maximum Gasteiger partial charge on any atom is 0.258 e. The Morgan fingerprint density at radius 1 is 1.25 bits per heavy atom. The molecule has 2 aliphatic rings. The van der Waals surface area contributed by atoms with Gasteiger partial charge in [0.2, 0.25) is 5.91 Å². The van der Waals surface area contributed by atoms with Gasteiger partial charge in [0.05, 0.1) is 24.8 Å². The van der Waals surface area contributed by atoms with E-state index in [1.54, 1.807) is 9.80 Å². The summed E-state index contributed by atoms with van der Waals surface area (Å²) in [7, 11) is 3.29. The van der Waals surface area contributed by atoms with Gasteiger partial charge >= 0.3 is 0 Å². The van der Waals surface area contributed by atoms with Crippen LogP contribution >= 0.6 is 0 Å². The summed E-state index contributed by atoms with van der Waals surface area (Å²) in [5.74, 6) is -0.161. The van der Waals surface area contributed by atoms with E-state index in [9.17, 15) is 14.0 Å². The van der Waals surface area contributed by atoms with Crippen molar-refractivity contribution in [1.29, 1.82) is 0 Å². The molecule has 0 bridgehead atoms. The van der Waals surface area contributed by atoms with E-state index in [2.05, 4.69) is 0 Å². The summed E-state index contributed by atoms with van der Waals surface area (Å²) in [6.45, 7) is 0.627. The van der Waals surface area contributed by atoms with Gasteiger partial charge in [0.25, 0.3) is 5.91 Å². The van der Waals surface area contributed by atoms with Gasteiger partial charge in [-0.15, -0.1) is 0 Å². The Bertz CT molecular complexity index is 649. The highest BCUT2D eigenvalue weighted by molar-refractivity contribution is 5.97. The van der Waals surface area contributed by atoms with Gasteiger partial charge in [-0.3, -0.25) is 9.59 Å². The first-order valence-corrected chi connectivity index (χ1v) is 8.43. The van der Waals surface area contributed by atoms with E-state index in [4.69, 9.17) is 4.74 Å². The van der Waals surface area contributed by atoms with E-state index in [1.165, 1.54) is 25.3 Å². The molecule has 2 atom stereocenters. The van der Waals surface area contributed by atoms with Gasteiger partial charge < -0.3 is 14.5 Å². The minimum absolute atomic E-state index is 0.0179. The van der Waals surface area contributed by atoms with E-state index < -0.39 is 5.82 Å². The number of fused-ring (bicyclic) bond motifs is 1. The Kier molecular flexibility index (Phi) is 4.73. The number of benzene rings is 1. The largest absolute Gasteiger partial charge is 0.496 e.